The Hall–Kier alpha value is -4.38. The van der Waals surface area contributed by atoms with E-state index in [1.54, 1.807) is 36.9 Å². The van der Waals surface area contributed by atoms with Gasteiger partial charge in [0.25, 0.3) is 11.8 Å². The lowest BCUT2D eigenvalue weighted by Gasteiger charge is -2.32. The topological polar surface area (TPSA) is 101 Å². The summed E-state index contributed by atoms with van der Waals surface area (Å²) in [4.78, 5) is 36.3. The quantitative estimate of drug-likeness (QED) is 0.221. The molecule has 0 atom stereocenters. The Balaban J connectivity index is 1.23. The summed E-state index contributed by atoms with van der Waals surface area (Å²) in [5.74, 6) is 0.830. The van der Waals surface area contributed by atoms with Crippen LogP contribution in [0.3, 0.4) is 0 Å². The number of carbonyl (C=O) groups is 1. The van der Waals surface area contributed by atoms with Gasteiger partial charge in [0.15, 0.2) is 17.0 Å². The molecule has 4 heterocycles. The number of carbonyl (C=O) groups excluding carboxylic acids is 1. The van der Waals surface area contributed by atoms with Crippen LogP contribution in [-0.4, -0.2) is 73.4 Å². The highest BCUT2D eigenvalue weighted by atomic mass is 35.5. The number of benzene rings is 2. The Labute approximate surface area is 261 Å². The summed E-state index contributed by atoms with van der Waals surface area (Å²) in [7, 11) is 2.16. The second kappa shape index (κ2) is 12.7. The largest absolute Gasteiger partial charge is 0.437 e. The van der Waals surface area contributed by atoms with Gasteiger partial charge in [-0.3, -0.25) is 14.7 Å². The van der Waals surface area contributed by atoms with E-state index >= 15 is 0 Å². The van der Waals surface area contributed by atoms with Crippen molar-refractivity contribution in [2.45, 2.75) is 33.4 Å². The molecule has 0 spiro atoms. The van der Waals surface area contributed by atoms with E-state index in [4.69, 9.17) is 26.3 Å². The molecule has 6 rings (SSSR count). The molecular formula is C33H35ClN8O2. The number of rotatable bonds is 8. The fraction of sp³-hybridized carbons (Fsp3) is 0.303. The molecule has 1 amide bonds. The number of halogens is 1. The molecule has 11 heteroatoms. The average Bonchev–Trinajstić information content (AvgIpc) is 3.46. The second-order valence-corrected chi connectivity index (χ2v) is 11.8. The van der Waals surface area contributed by atoms with Crippen LogP contribution in [0.15, 0.2) is 67.3 Å². The number of amides is 1. The van der Waals surface area contributed by atoms with Crippen LogP contribution in [0.5, 0.6) is 11.6 Å². The monoisotopic (exact) mass is 610 g/mol. The lowest BCUT2D eigenvalue weighted by atomic mass is 10.1. The zero-order valence-corrected chi connectivity index (χ0v) is 26.0. The van der Waals surface area contributed by atoms with Crippen LogP contribution < -0.4 is 10.1 Å². The van der Waals surface area contributed by atoms with Crippen molar-refractivity contribution in [2.24, 2.45) is 0 Å². The van der Waals surface area contributed by atoms with Crippen molar-refractivity contribution in [3.8, 4) is 23.0 Å². The number of ether oxygens (including phenoxy) is 1. The number of pyridine rings is 1. The zero-order valence-electron chi connectivity index (χ0n) is 25.3. The lowest BCUT2D eigenvalue weighted by Crippen LogP contribution is -2.43. The fourth-order valence-corrected chi connectivity index (χ4v) is 5.42. The highest BCUT2D eigenvalue weighted by Crippen LogP contribution is 2.32. The molecule has 1 N–H and O–H groups in total. The number of hydrogen-bond acceptors (Lipinski definition) is 8. The summed E-state index contributed by atoms with van der Waals surface area (Å²) in [6.45, 7) is 11.3. The first-order valence-corrected chi connectivity index (χ1v) is 15.1. The van der Waals surface area contributed by atoms with Gasteiger partial charge >= 0.3 is 0 Å². The number of anilines is 1. The molecule has 1 fully saturated rings. The first kappa shape index (κ1) is 29.7. The molecule has 2 aromatic carbocycles. The summed E-state index contributed by atoms with van der Waals surface area (Å²) < 4.78 is 8.23. The molecule has 0 radical (unpaired) electrons. The van der Waals surface area contributed by atoms with Crippen molar-refractivity contribution < 1.29 is 9.53 Å². The van der Waals surface area contributed by atoms with Crippen molar-refractivity contribution in [3.63, 3.8) is 0 Å². The van der Waals surface area contributed by atoms with E-state index in [2.05, 4.69) is 59.0 Å². The number of likely N-dealkylation sites (N-methyl/N-ethyl adjacent to an activating group) is 1. The fourth-order valence-electron chi connectivity index (χ4n) is 5.22. The lowest BCUT2D eigenvalue weighted by molar-refractivity contribution is 0.102. The molecule has 3 aromatic heterocycles. The van der Waals surface area contributed by atoms with Crippen molar-refractivity contribution in [1.29, 1.82) is 0 Å². The van der Waals surface area contributed by atoms with Gasteiger partial charge in [-0.25, -0.2) is 9.97 Å². The van der Waals surface area contributed by atoms with E-state index in [0.717, 1.165) is 43.9 Å². The average molecular weight is 611 g/mol. The number of piperazine rings is 1. The van der Waals surface area contributed by atoms with Crippen LogP contribution in [-0.2, 0) is 6.54 Å². The Morgan fingerprint density at radius 1 is 1.02 bits per heavy atom. The van der Waals surface area contributed by atoms with Crippen LogP contribution in [0.4, 0.5) is 5.69 Å². The van der Waals surface area contributed by atoms with E-state index in [-0.39, 0.29) is 23.4 Å². The molecule has 0 bridgehead atoms. The molecule has 1 saturated heterocycles. The number of nitrogens with zero attached hydrogens (tertiary/aromatic N) is 7. The third kappa shape index (κ3) is 6.42. The molecule has 1 aliphatic heterocycles. The third-order valence-corrected chi connectivity index (χ3v) is 8.20. The van der Waals surface area contributed by atoms with Crippen molar-refractivity contribution >= 4 is 34.4 Å². The van der Waals surface area contributed by atoms with Gasteiger partial charge in [-0.05, 0) is 81.4 Å². The third-order valence-electron chi connectivity index (χ3n) is 7.87. The van der Waals surface area contributed by atoms with Gasteiger partial charge in [-0.2, -0.15) is 4.98 Å². The number of nitrogens with one attached hydrogen (secondary N) is 1. The summed E-state index contributed by atoms with van der Waals surface area (Å²) >= 11 is 6.50. The smallest absolute Gasteiger partial charge is 0.257 e. The minimum Gasteiger partial charge on any atom is -0.437 e. The minimum absolute atomic E-state index is 0.128. The van der Waals surface area contributed by atoms with Crippen molar-refractivity contribution in [3.05, 3.63) is 89.0 Å². The van der Waals surface area contributed by atoms with Gasteiger partial charge in [-0.1, -0.05) is 17.7 Å². The minimum atomic E-state index is -0.332. The van der Waals surface area contributed by atoms with Crippen LogP contribution in [0.2, 0.25) is 5.02 Å². The predicted octanol–water partition coefficient (Wildman–Crippen LogP) is 6.22. The predicted molar refractivity (Wildman–Crippen MR) is 172 cm³/mol. The molecule has 226 valence electrons. The van der Waals surface area contributed by atoms with E-state index in [9.17, 15) is 4.79 Å². The molecule has 0 saturated carbocycles. The van der Waals surface area contributed by atoms with Crippen LogP contribution >= 0.6 is 11.6 Å². The Kier molecular flexibility index (Phi) is 8.56. The van der Waals surface area contributed by atoms with E-state index < -0.39 is 0 Å². The Bertz CT molecular complexity index is 1800. The van der Waals surface area contributed by atoms with Crippen LogP contribution in [0, 0.1) is 6.92 Å². The molecule has 0 unspecified atom stereocenters. The number of fused-ring (bicyclic) bond motifs is 1. The van der Waals surface area contributed by atoms with Gasteiger partial charge in [-0.15, -0.1) is 0 Å². The maximum Gasteiger partial charge on any atom is 0.257 e. The highest BCUT2D eigenvalue weighted by molar-refractivity contribution is 6.34. The summed E-state index contributed by atoms with van der Waals surface area (Å²) in [5.41, 5.74) is 5.34. The maximum absolute atomic E-state index is 13.4. The number of aromatic nitrogens is 5. The van der Waals surface area contributed by atoms with E-state index in [0.29, 0.717) is 33.4 Å². The molecule has 1 aliphatic rings. The van der Waals surface area contributed by atoms with Crippen LogP contribution in [0.25, 0.3) is 22.6 Å². The number of hydrogen-bond donors (Lipinski definition) is 1. The van der Waals surface area contributed by atoms with Gasteiger partial charge in [0.1, 0.15) is 5.75 Å². The van der Waals surface area contributed by atoms with E-state index in [1.807, 2.05) is 28.8 Å². The highest BCUT2D eigenvalue weighted by Gasteiger charge is 2.20. The first-order chi connectivity index (χ1) is 21.2. The SMILES string of the molecule is Cc1cc(NC(=O)c2cc(Oc3nc(-c4ccncc4)nc4c3ncn4C(C)C)ccc2Cl)ccc1CN1CCN(C)CC1. The number of imidazole rings is 1. The second-order valence-electron chi connectivity index (χ2n) is 11.4. The van der Waals surface area contributed by atoms with Gasteiger partial charge < -0.3 is 19.5 Å². The van der Waals surface area contributed by atoms with Crippen molar-refractivity contribution in [2.75, 3.05) is 38.5 Å². The summed E-state index contributed by atoms with van der Waals surface area (Å²) in [5, 5.41) is 3.31. The Morgan fingerprint density at radius 2 is 1.80 bits per heavy atom. The van der Waals surface area contributed by atoms with Gasteiger partial charge in [0, 0.05) is 62.4 Å². The van der Waals surface area contributed by atoms with Gasteiger partial charge in [0.05, 0.1) is 16.9 Å². The first-order valence-electron chi connectivity index (χ1n) is 14.7. The molecule has 10 nitrogen and oxygen atoms in total. The molecular weight excluding hydrogens is 576 g/mol. The normalized spacial score (nSPS) is 14.3. The van der Waals surface area contributed by atoms with Crippen molar-refractivity contribution in [1.82, 2.24) is 34.3 Å². The van der Waals surface area contributed by atoms with E-state index in [1.165, 1.54) is 5.56 Å². The standard InChI is InChI=1S/C33H35ClN8O2/c1-21(2)42-20-36-29-31(42)38-30(23-9-11-35-12-10-23)39-33(29)44-26-7-8-28(34)27(18-26)32(43)37-25-6-5-24(22(3)17-25)19-41-15-13-40(4)14-16-41/h5-12,17-18,20-21H,13-16,19H2,1-4H3,(H,37,43). The van der Waals surface area contributed by atoms with Gasteiger partial charge in [0.2, 0.25) is 0 Å². The molecule has 5 aromatic rings. The molecule has 44 heavy (non-hydrogen) atoms. The zero-order chi connectivity index (χ0) is 30.8. The molecule has 0 aliphatic carbocycles. The van der Waals surface area contributed by atoms with Crippen LogP contribution in [0.1, 0.15) is 41.4 Å². The maximum atomic E-state index is 13.4. The number of aryl methyl sites for hydroxylation is 1. The summed E-state index contributed by atoms with van der Waals surface area (Å²) in [6, 6.07) is 14.8. The Morgan fingerprint density at radius 3 is 2.52 bits per heavy atom. The summed E-state index contributed by atoms with van der Waals surface area (Å²) in [6.07, 6.45) is 5.11.